The maximum absolute atomic E-state index is 10.2. The van der Waals surface area contributed by atoms with Crippen LogP contribution in [-0.2, 0) is 4.74 Å². The molecule has 1 aromatic carbocycles. The van der Waals surface area contributed by atoms with Gasteiger partial charge < -0.3 is 14.6 Å². The topological polar surface area (TPSA) is 38.7 Å². The van der Waals surface area contributed by atoms with Crippen molar-refractivity contribution >= 4 is 15.9 Å². The monoisotopic (exact) mass is 298 g/mol. The number of benzene rings is 1. The molecular weight excluding hydrogens is 284 g/mol. The minimum absolute atomic E-state index is 0.328. The van der Waals surface area contributed by atoms with Crippen molar-refractivity contribution in [2.45, 2.75) is 31.0 Å². The van der Waals surface area contributed by atoms with E-state index in [9.17, 15) is 5.11 Å². The van der Waals surface area contributed by atoms with Gasteiger partial charge in [0.05, 0.1) is 12.7 Å². The largest absolute Gasteiger partial charge is 0.484 e. The van der Waals surface area contributed by atoms with E-state index in [4.69, 9.17) is 9.47 Å². The third-order valence-corrected chi connectivity index (χ3v) is 4.01. The molecule has 1 unspecified atom stereocenters. The van der Waals surface area contributed by atoms with Gasteiger partial charge >= 0.3 is 0 Å². The summed E-state index contributed by atoms with van der Waals surface area (Å²) < 4.78 is 12.6. The van der Waals surface area contributed by atoms with Gasteiger partial charge in [0.25, 0.3) is 0 Å². The van der Waals surface area contributed by atoms with Gasteiger partial charge in [-0.3, -0.25) is 0 Å². The lowest BCUT2D eigenvalue weighted by Gasteiger charge is -2.42. The van der Waals surface area contributed by atoms with E-state index < -0.39 is 6.10 Å². The number of fused-ring (bicyclic) bond motifs is 1. The van der Waals surface area contributed by atoms with E-state index in [0.29, 0.717) is 13.0 Å². The van der Waals surface area contributed by atoms with E-state index >= 15 is 0 Å². The van der Waals surface area contributed by atoms with Crippen LogP contribution in [0.25, 0.3) is 0 Å². The molecule has 0 bridgehead atoms. The zero-order chi connectivity index (χ0) is 11.9. The first kappa shape index (κ1) is 11.5. The molecule has 1 aromatic rings. The lowest BCUT2D eigenvalue weighted by Crippen LogP contribution is -2.47. The van der Waals surface area contributed by atoms with Crippen LogP contribution < -0.4 is 4.74 Å². The third kappa shape index (κ3) is 2.09. The molecule has 0 aromatic heterocycles. The lowest BCUT2D eigenvalue weighted by atomic mass is 9.85. The normalized spacial score (nSPS) is 32.0. The summed E-state index contributed by atoms with van der Waals surface area (Å²) in [5.74, 6) is 0.781. The van der Waals surface area contributed by atoms with Crippen LogP contribution in [0.15, 0.2) is 22.7 Å². The fraction of sp³-hybridized carbons (Fsp3) is 0.538. The van der Waals surface area contributed by atoms with Gasteiger partial charge in [-0.05, 0) is 25.0 Å². The smallest absolute Gasteiger partial charge is 0.135 e. The molecule has 0 saturated carbocycles. The number of rotatable bonds is 0. The Morgan fingerprint density at radius 1 is 1.41 bits per heavy atom. The van der Waals surface area contributed by atoms with E-state index in [1.807, 2.05) is 18.2 Å². The Bertz CT molecular complexity index is 427. The lowest BCUT2D eigenvalue weighted by molar-refractivity contribution is -0.103. The molecule has 2 aliphatic heterocycles. The first-order chi connectivity index (χ1) is 8.19. The molecule has 0 aliphatic carbocycles. The maximum Gasteiger partial charge on any atom is 0.135 e. The van der Waals surface area contributed by atoms with E-state index in [0.717, 1.165) is 35.2 Å². The standard InChI is InChI=1S/C13H15BrO3/c14-9-2-3-10-11(15)7-13(17-12(10)6-9)4-1-5-16-8-13/h2-3,6,11,15H,1,4-5,7-8H2/t11-,13?/m1/s1. The van der Waals surface area contributed by atoms with Crippen LogP contribution in [0, 0.1) is 0 Å². The third-order valence-electron chi connectivity index (χ3n) is 3.51. The molecule has 1 saturated heterocycles. The summed E-state index contributed by atoms with van der Waals surface area (Å²) in [5.41, 5.74) is 0.551. The summed E-state index contributed by atoms with van der Waals surface area (Å²) in [6, 6.07) is 5.77. The van der Waals surface area contributed by atoms with Crippen molar-refractivity contribution in [3.05, 3.63) is 28.2 Å². The molecule has 1 spiro atoms. The predicted molar refractivity (Wildman–Crippen MR) is 67.1 cm³/mol. The number of halogens is 1. The number of hydrogen-bond donors (Lipinski definition) is 1. The van der Waals surface area contributed by atoms with Crippen molar-refractivity contribution in [2.75, 3.05) is 13.2 Å². The average molecular weight is 299 g/mol. The van der Waals surface area contributed by atoms with Crippen LogP contribution in [0.2, 0.25) is 0 Å². The van der Waals surface area contributed by atoms with Crippen LogP contribution in [-0.4, -0.2) is 23.9 Å². The van der Waals surface area contributed by atoms with Crippen LogP contribution in [0.3, 0.4) is 0 Å². The Hall–Kier alpha value is -0.580. The molecule has 0 amide bonds. The van der Waals surface area contributed by atoms with Gasteiger partial charge in [-0.1, -0.05) is 22.0 Å². The van der Waals surface area contributed by atoms with Crippen LogP contribution in [0.1, 0.15) is 30.9 Å². The highest BCUT2D eigenvalue weighted by atomic mass is 79.9. The van der Waals surface area contributed by atoms with E-state index in [1.54, 1.807) is 0 Å². The van der Waals surface area contributed by atoms with Gasteiger partial charge in [0.2, 0.25) is 0 Å². The molecule has 4 heteroatoms. The quantitative estimate of drug-likeness (QED) is 0.800. The second-order valence-electron chi connectivity index (χ2n) is 4.84. The summed E-state index contributed by atoms with van der Waals surface area (Å²) in [5, 5.41) is 10.2. The van der Waals surface area contributed by atoms with Crippen LogP contribution in [0.5, 0.6) is 5.75 Å². The van der Waals surface area contributed by atoms with Gasteiger partial charge in [0, 0.05) is 23.1 Å². The Balaban J connectivity index is 1.95. The molecule has 17 heavy (non-hydrogen) atoms. The second kappa shape index (κ2) is 4.26. The van der Waals surface area contributed by atoms with E-state index in [-0.39, 0.29) is 5.60 Å². The number of ether oxygens (including phenoxy) is 2. The fourth-order valence-corrected chi connectivity index (χ4v) is 3.02. The average Bonchev–Trinajstić information content (AvgIpc) is 2.29. The first-order valence-corrected chi connectivity index (χ1v) is 6.72. The zero-order valence-corrected chi connectivity index (χ0v) is 11.1. The summed E-state index contributed by atoms with van der Waals surface area (Å²) in [7, 11) is 0. The van der Waals surface area contributed by atoms with Crippen molar-refractivity contribution in [3.63, 3.8) is 0 Å². The molecule has 2 heterocycles. The summed E-state index contributed by atoms with van der Waals surface area (Å²) in [6.07, 6.45) is 2.13. The number of hydrogen-bond acceptors (Lipinski definition) is 3. The molecule has 3 rings (SSSR count). The first-order valence-electron chi connectivity index (χ1n) is 5.93. The number of aliphatic hydroxyl groups excluding tert-OH is 1. The van der Waals surface area contributed by atoms with Crippen LogP contribution in [0.4, 0.5) is 0 Å². The van der Waals surface area contributed by atoms with Gasteiger partial charge in [0.15, 0.2) is 0 Å². The predicted octanol–water partition coefficient (Wildman–Crippen LogP) is 2.81. The van der Waals surface area contributed by atoms with Crippen molar-refractivity contribution in [3.8, 4) is 5.75 Å². The van der Waals surface area contributed by atoms with E-state index in [2.05, 4.69) is 15.9 Å². The van der Waals surface area contributed by atoms with Crippen LogP contribution >= 0.6 is 15.9 Å². The maximum atomic E-state index is 10.2. The molecule has 3 nitrogen and oxygen atoms in total. The Morgan fingerprint density at radius 3 is 3.06 bits per heavy atom. The highest BCUT2D eigenvalue weighted by Gasteiger charge is 2.42. The fourth-order valence-electron chi connectivity index (χ4n) is 2.68. The molecule has 1 N–H and O–H groups in total. The zero-order valence-electron chi connectivity index (χ0n) is 9.49. The summed E-state index contributed by atoms with van der Waals surface area (Å²) >= 11 is 3.43. The highest BCUT2D eigenvalue weighted by molar-refractivity contribution is 9.10. The minimum Gasteiger partial charge on any atom is -0.484 e. The van der Waals surface area contributed by atoms with Crippen molar-refractivity contribution < 1.29 is 14.6 Å². The molecule has 92 valence electrons. The molecule has 2 aliphatic rings. The summed E-state index contributed by atoms with van der Waals surface area (Å²) in [4.78, 5) is 0. The summed E-state index contributed by atoms with van der Waals surface area (Å²) in [6.45, 7) is 1.38. The molecule has 0 radical (unpaired) electrons. The highest BCUT2D eigenvalue weighted by Crippen LogP contribution is 2.43. The second-order valence-corrected chi connectivity index (χ2v) is 5.76. The molecular formula is C13H15BrO3. The van der Waals surface area contributed by atoms with Crippen molar-refractivity contribution in [1.29, 1.82) is 0 Å². The Morgan fingerprint density at radius 2 is 2.29 bits per heavy atom. The minimum atomic E-state index is -0.450. The van der Waals surface area contributed by atoms with Crippen molar-refractivity contribution in [1.82, 2.24) is 0 Å². The Labute approximate surface area is 109 Å². The van der Waals surface area contributed by atoms with Gasteiger partial charge in [-0.2, -0.15) is 0 Å². The Kier molecular flexibility index (Phi) is 2.89. The molecule has 1 fully saturated rings. The van der Waals surface area contributed by atoms with Gasteiger partial charge in [0.1, 0.15) is 11.4 Å². The SMILES string of the molecule is O[C@@H]1CC2(CCCOC2)Oc2cc(Br)ccc21. The van der Waals surface area contributed by atoms with Gasteiger partial charge in [-0.25, -0.2) is 0 Å². The van der Waals surface area contributed by atoms with Crippen molar-refractivity contribution in [2.24, 2.45) is 0 Å². The van der Waals surface area contributed by atoms with E-state index in [1.165, 1.54) is 0 Å². The molecule has 2 atom stereocenters. The van der Waals surface area contributed by atoms with Gasteiger partial charge in [-0.15, -0.1) is 0 Å². The number of aliphatic hydroxyl groups is 1.